The molecule has 4 rings (SSSR count). The Labute approximate surface area is 155 Å². The first kappa shape index (κ1) is 16.8. The molecule has 2 heterocycles. The van der Waals surface area contributed by atoms with Gasteiger partial charge in [-0.05, 0) is 43.4 Å². The van der Waals surface area contributed by atoms with Crippen molar-refractivity contribution in [3.05, 3.63) is 40.5 Å². The predicted molar refractivity (Wildman–Crippen MR) is 105 cm³/mol. The smallest absolute Gasteiger partial charge is 0.158 e. The molecule has 1 aliphatic carbocycles. The van der Waals surface area contributed by atoms with E-state index in [4.69, 9.17) is 9.47 Å². The fourth-order valence-electron chi connectivity index (χ4n) is 3.26. The van der Waals surface area contributed by atoms with Crippen molar-refractivity contribution in [2.45, 2.75) is 25.7 Å². The van der Waals surface area contributed by atoms with Gasteiger partial charge in [-0.1, -0.05) is 0 Å². The lowest BCUT2D eigenvalue weighted by Gasteiger charge is -2.11. The summed E-state index contributed by atoms with van der Waals surface area (Å²) in [6.07, 6.45) is 8.03. The molecule has 0 saturated carbocycles. The summed E-state index contributed by atoms with van der Waals surface area (Å²) in [4.78, 5) is 11.3. The van der Waals surface area contributed by atoms with Crippen molar-refractivity contribution in [2.24, 2.45) is 5.10 Å². The van der Waals surface area contributed by atoms with Crippen LogP contribution in [-0.2, 0) is 12.8 Å². The summed E-state index contributed by atoms with van der Waals surface area (Å²) in [7, 11) is 3.26. The number of ether oxygens (including phenoxy) is 2. The summed E-state index contributed by atoms with van der Waals surface area (Å²) in [5.74, 6) is 2.21. The molecular formula is C19H20N4O2S. The van der Waals surface area contributed by atoms with Crippen molar-refractivity contribution in [1.29, 1.82) is 0 Å². The molecule has 0 bridgehead atoms. The third-order valence-corrected chi connectivity index (χ3v) is 5.77. The maximum Gasteiger partial charge on any atom is 0.158 e. The van der Waals surface area contributed by atoms with Crippen LogP contribution in [-0.4, -0.2) is 30.4 Å². The topological polar surface area (TPSA) is 68.6 Å². The van der Waals surface area contributed by atoms with Crippen LogP contribution < -0.4 is 14.9 Å². The SMILES string of the molecule is COc1ccc(C=NNc2ncnc3sc4c(c23)CCCC4)c(OC)c1. The van der Waals surface area contributed by atoms with E-state index in [0.29, 0.717) is 5.75 Å². The van der Waals surface area contributed by atoms with E-state index in [2.05, 4.69) is 20.5 Å². The van der Waals surface area contributed by atoms with E-state index in [9.17, 15) is 0 Å². The van der Waals surface area contributed by atoms with E-state index in [-0.39, 0.29) is 0 Å². The Morgan fingerprint density at radius 3 is 2.88 bits per heavy atom. The minimum Gasteiger partial charge on any atom is -0.497 e. The highest BCUT2D eigenvalue weighted by Gasteiger charge is 2.19. The molecule has 0 fully saturated rings. The average Bonchev–Trinajstić information content (AvgIpc) is 3.07. The Bertz CT molecular complexity index is 968. The molecule has 26 heavy (non-hydrogen) atoms. The van der Waals surface area contributed by atoms with E-state index in [1.165, 1.54) is 23.3 Å². The number of nitrogens with zero attached hydrogens (tertiary/aromatic N) is 3. The summed E-state index contributed by atoms with van der Waals surface area (Å²) in [5, 5.41) is 5.49. The van der Waals surface area contributed by atoms with Crippen LogP contribution in [0.25, 0.3) is 10.2 Å². The van der Waals surface area contributed by atoms with Crippen molar-refractivity contribution >= 4 is 33.6 Å². The van der Waals surface area contributed by atoms with Crippen LogP contribution in [0, 0.1) is 0 Å². The van der Waals surface area contributed by atoms with Gasteiger partial charge in [0, 0.05) is 16.5 Å². The van der Waals surface area contributed by atoms with Gasteiger partial charge in [0.05, 0.1) is 25.8 Å². The van der Waals surface area contributed by atoms with Gasteiger partial charge >= 0.3 is 0 Å². The molecule has 6 nitrogen and oxygen atoms in total. The van der Waals surface area contributed by atoms with Gasteiger partial charge in [-0.2, -0.15) is 5.10 Å². The predicted octanol–water partition coefficient (Wildman–Crippen LogP) is 4.03. The Kier molecular flexibility index (Phi) is 4.71. The second kappa shape index (κ2) is 7.29. The molecule has 1 aromatic carbocycles. The van der Waals surface area contributed by atoms with E-state index in [0.717, 1.165) is 40.2 Å². The number of aromatic nitrogens is 2. The molecule has 0 radical (unpaired) electrons. The molecule has 7 heteroatoms. The van der Waals surface area contributed by atoms with Crippen LogP contribution in [0.1, 0.15) is 28.8 Å². The summed E-state index contributed by atoms with van der Waals surface area (Å²) in [6, 6.07) is 5.62. The molecule has 1 N–H and O–H groups in total. The third kappa shape index (κ3) is 3.10. The Balaban J connectivity index is 1.62. The summed E-state index contributed by atoms with van der Waals surface area (Å²) in [5.41, 5.74) is 5.34. The van der Waals surface area contributed by atoms with Gasteiger partial charge < -0.3 is 9.47 Å². The van der Waals surface area contributed by atoms with Crippen molar-refractivity contribution in [2.75, 3.05) is 19.6 Å². The van der Waals surface area contributed by atoms with Crippen molar-refractivity contribution in [1.82, 2.24) is 9.97 Å². The van der Waals surface area contributed by atoms with Gasteiger partial charge in [0.2, 0.25) is 0 Å². The molecule has 0 spiro atoms. The van der Waals surface area contributed by atoms with Crippen LogP contribution in [0.3, 0.4) is 0 Å². The average molecular weight is 368 g/mol. The second-order valence-electron chi connectivity index (χ2n) is 6.09. The van der Waals surface area contributed by atoms with E-state index in [1.54, 1.807) is 38.1 Å². The number of hydrazone groups is 1. The molecule has 0 unspecified atom stereocenters. The highest BCUT2D eigenvalue weighted by molar-refractivity contribution is 7.19. The molecule has 0 saturated heterocycles. The Morgan fingerprint density at radius 1 is 1.15 bits per heavy atom. The van der Waals surface area contributed by atoms with Crippen molar-refractivity contribution in [3.63, 3.8) is 0 Å². The lowest BCUT2D eigenvalue weighted by molar-refractivity contribution is 0.394. The minimum absolute atomic E-state index is 0.704. The van der Waals surface area contributed by atoms with Gasteiger partial charge in [-0.25, -0.2) is 9.97 Å². The fraction of sp³-hybridized carbons (Fsp3) is 0.316. The van der Waals surface area contributed by atoms with Crippen LogP contribution >= 0.6 is 11.3 Å². The number of fused-ring (bicyclic) bond motifs is 3. The zero-order chi connectivity index (χ0) is 17.9. The number of rotatable bonds is 5. The summed E-state index contributed by atoms with van der Waals surface area (Å²) in [6.45, 7) is 0. The number of aryl methyl sites for hydroxylation is 2. The zero-order valence-corrected chi connectivity index (χ0v) is 15.6. The number of methoxy groups -OCH3 is 2. The maximum absolute atomic E-state index is 5.40. The van der Waals surface area contributed by atoms with E-state index < -0.39 is 0 Å². The van der Waals surface area contributed by atoms with Gasteiger partial charge in [0.25, 0.3) is 0 Å². The summed E-state index contributed by atoms with van der Waals surface area (Å²) >= 11 is 1.78. The number of hydrogen-bond donors (Lipinski definition) is 1. The van der Waals surface area contributed by atoms with Crippen LogP contribution in [0.2, 0.25) is 0 Å². The van der Waals surface area contributed by atoms with Crippen LogP contribution in [0.5, 0.6) is 11.5 Å². The summed E-state index contributed by atoms with van der Waals surface area (Å²) < 4.78 is 10.6. The second-order valence-corrected chi connectivity index (χ2v) is 7.17. The quantitative estimate of drug-likeness (QED) is 0.544. The number of thiophene rings is 1. The molecule has 3 aromatic rings. The minimum atomic E-state index is 0.704. The van der Waals surface area contributed by atoms with Gasteiger partial charge in [0.15, 0.2) is 5.82 Å². The van der Waals surface area contributed by atoms with E-state index in [1.807, 2.05) is 18.2 Å². The lowest BCUT2D eigenvalue weighted by Crippen LogP contribution is -2.01. The maximum atomic E-state index is 5.40. The molecule has 1 aliphatic rings. The zero-order valence-electron chi connectivity index (χ0n) is 14.8. The van der Waals surface area contributed by atoms with Crippen molar-refractivity contribution in [3.8, 4) is 11.5 Å². The Hall–Kier alpha value is -2.67. The van der Waals surface area contributed by atoms with Gasteiger partial charge in [-0.3, -0.25) is 5.43 Å². The highest BCUT2D eigenvalue weighted by atomic mass is 32.1. The number of benzene rings is 1. The Morgan fingerprint density at radius 2 is 2.04 bits per heavy atom. The first-order chi connectivity index (χ1) is 12.8. The molecule has 0 atom stereocenters. The van der Waals surface area contributed by atoms with Crippen LogP contribution in [0.4, 0.5) is 5.82 Å². The standard InChI is InChI=1S/C19H20N4O2S/c1-24-13-8-7-12(15(9-13)25-2)10-22-23-18-17-14-5-3-4-6-16(14)26-19(17)21-11-20-18/h7-11H,3-6H2,1-2H3,(H,20,21,23). The normalized spacial score (nSPS) is 13.8. The largest absolute Gasteiger partial charge is 0.497 e. The van der Waals surface area contributed by atoms with Crippen LogP contribution in [0.15, 0.2) is 29.6 Å². The van der Waals surface area contributed by atoms with Gasteiger partial charge in [0.1, 0.15) is 22.7 Å². The molecule has 0 aliphatic heterocycles. The first-order valence-corrected chi connectivity index (χ1v) is 9.38. The van der Waals surface area contributed by atoms with Gasteiger partial charge in [-0.15, -0.1) is 11.3 Å². The number of nitrogens with one attached hydrogen (secondary N) is 1. The van der Waals surface area contributed by atoms with Crippen molar-refractivity contribution < 1.29 is 9.47 Å². The highest BCUT2D eigenvalue weighted by Crippen LogP contribution is 2.38. The number of hydrogen-bond acceptors (Lipinski definition) is 7. The lowest BCUT2D eigenvalue weighted by atomic mass is 9.97. The fourth-order valence-corrected chi connectivity index (χ4v) is 4.49. The molecule has 134 valence electrons. The monoisotopic (exact) mass is 368 g/mol. The molecular weight excluding hydrogens is 348 g/mol. The van der Waals surface area contributed by atoms with E-state index >= 15 is 0 Å². The molecule has 2 aromatic heterocycles. The first-order valence-electron chi connectivity index (χ1n) is 8.56. The third-order valence-electron chi connectivity index (χ3n) is 4.57. The number of anilines is 1. The molecule has 0 amide bonds.